The van der Waals surface area contributed by atoms with Crippen molar-refractivity contribution in [2.45, 2.75) is 97.2 Å². The van der Waals surface area contributed by atoms with Crippen molar-refractivity contribution in [3.05, 3.63) is 166 Å². The van der Waals surface area contributed by atoms with Crippen LogP contribution in [-0.4, -0.2) is 59.0 Å². The number of esters is 1. The molecule has 2 N–H and O–H groups in total. The molecule has 0 saturated carbocycles. The summed E-state index contributed by atoms with van der Waals surface area (Å²) in [6.45, 7) is 15.7. The number of cyclic esters (lactones) is 1. The van der Waals surface area contributed by atoms with Gasteiger partial charge in [-0.2, -0.15) is 13.0 Å². The lowest BCUT2D eigenvalue weighted by atomic mass is 9.79. The summed E-state index contributed by atoms with van der Waals surface area (Å²) in [5, 5.41) is 16.4. The van der Waals surface area contributed by atoms with Crippen molar-refractivity contribution in [1.29, 1.82) is 0 Å². The van der Waals surface area contributed by atoms with Gasteiger partial charge in [0.15, 0.2) is 5.71 Å². The van der Waals surface area contributed by atoms with Crippen molar-refractivity contribution >= 4 is 65.9 Å². The van der Waals surface area contributed by atoms with E-state index in [0.29, 0.717) is 30.5 Å². The predicted molar refractivity (Wildman–Crippen MR) is 266 cm³/mol. The zero-order chi connectivity index (χ0) is 46.8. The van der Waals surface area contributed by atoms with E-state index in [1.54, 1.807) is 13.8 Å². The number of allylic oxidation sites excluding steroid dienone is 7. The van der Waals surface area contributed by atoms with E-state index in [4.69, 9.17) is 9.47 Å². The van der Waals surface area contributed by atoms with Gasteiger partial charge in [-0.25, -0.2) is 4.79 Å². The molecular formula is C56H59N2O7S+. The summed E-state index contributed by atoms with van der Waals surface area (Å²) in [5.41, 5.74) is 9.58. The highest BCUT2D eigenvalue weighted by Crippen LogP contribution is 2.53. The van der Waals surface area contributed by atoms with E-state index in [9.17, 15) is 22.9 Å². The fourth-order valence-electron chi connectivity index (χ4n) is 10.8. The van der Waals surface area contributed by atoms with Crippen LogP contribution in [0.3, 0.4) is 0 Å². The largest absolute Gasteiger partial charge is 0.480 e. The lowest BCUT2D eigenvalue weighted by Crippen LogP contribution is -2.37. The van der Waals surface area contributed by atoms with Crippen LogP contribution in [0.4, 0.5) is 11.4 Å². The Kier molecular flexibility index (Phi) is 11.5. The van der Waals surface area contributed by atoms with Crippen LogP contribution in [-0.2, 0) is 35.2 Å². The molecule has 0 aromatic heterocycles. The fourth-order valence-corrected chi connectivity index (χ4v) is 11.4. The van der Waals surface area contributed by atoms with E-state index in [1.165, 1.54) is 22.0 Å². The second kappa shape index (κ2) is 16.9. The Morgan fingerprint density at radius 1 is 0.697 bits per heavy atom. The van der Waals surface area contributed by atoms with Gasteiger partial charge in [-0.3, -0.25) is 4.55 Å². The molecule has 5 aromatic carbocycles. The first-order valence-corrected chi connectivity index (χ1v) is 24.8. The predicted octanol–water partition coefficient (Wildman–Crippen LogP) is 12.4. The molecule has 0 saturated heterocycles. The second-order valence-corrected chi connectivity index (χ2v) is 20.9. The number of ether oxygens (including phenoxy) is 2. The van der Waals surface area contributed by atoms with Crippen LogP contribution in [0, 0.1) is 0 Å². The second-order valence-electron chi connectivity index (χ2n) is 19.4. The van der Waals surface area contributed by atoms with Gasteiger partial charge in [-0.1, -0.05) is 112 Å². The standard InChI is InChI=1S/C56H58N2O7S/c1-8-9-16-33-57-44-29-25-36-19-10-12-21-38(36)50(44)54(2,3)46(57)31-27-42-40-23-14-15-24-41(40)43(48(42)49-52(59)64-56(6,7)65-53(49)60)28-32-47-55(4,5)51-39-22-13-11-20-37(39)26-30-45(51)58(47)34-17-18-35-66(61,62)63/h10-15,19-32H,8-9,16-18,33-35H2,1-7H3,(H,61,62,63)/p+1/b43-28+,47-32+. The molecule has 9 nitrogen and oxygen atoms in total. The molecule has 4 aliphatic rings. The monoisotopic (exact) mass is 903 g/mol. The molecule has 340 valence electrons. The maximum absolute atomic E-state index is 14.3. The van der Waals surface area contributed by atoms with Crippen molar-refractivity contribution in [2.75, 3.05) is 23.7 Å². The lowest BCUT2D eigenvalue weighted by molar-refractivity contribution is -0.438. The first kappa shape index (κ1) is 44.9. The summed E-state index contributed by atoms with van der Waals surface area (Å²) >= 11 is 0. The molecule has 0 bridgehead atoms. The normalized spacial score (nSPS) is 19.7. The summed E-state index contributed by atoms with van der Waals surface area (Å²) in [5.74, 6) is -2.89. The molecule has 66 heavy (non-hydrogen) atoms. The van der Waals surface area contributed by atoms with E-state index >= 15 is 0 Å². The van der Waals surface area contributed by atoms with Crippen molar-refractivity contribution < 1.29 is 36.9 Å². The number of carbonyl (C=O) groups is 1. The molecule has 10 heteroatoms. The number of hydrogen-bond acceptors (Lipinski definition) is 7. The molecule has 3 heterocycles. The minimum Gasteiger partial charge on any atom is -0.480 e. The van der Waals surface area contributed by atoms with Crippen LogP contribution in [0.1, 0.15) is 103 Å². The van der Waals surface area contributed by atoms with E-state index < -0.39 is 33.2 Å². The van der Waals surface area contributed by atoms with Crippen LogP contribution in [0.5, 0.6) is 0 Å². The summed E-state index contributed by atoms with van der Waals surface area (Å²) in [6, 6.07) is 33.7. The van der Waals surface area contributed by atoms with Gasteiger partial charge in [0.05, 0.1) is 11.2 Å². The Morgan fingerprint density at radius 3 is 2.03 bits per heavy atom. The summed E-state index contributed by atoms with van der Waals surface area (Å²) in [4.78, 5) is 16.5. The molecule has 0 fully saturated rings. The quantitative estimate of drug-likeness (QED) is 0.0519. The average Bonchev–Trinajstić information content (AvgIpc) is 3.77. The van der Waals surface area contributed by atoms with Gasteiger partial charge in [-0.15, -0.1) is 0 Å². The molecule has 0 amide bonds. The first-order valence-electron chi connectivity index (χ1n) is 23.2. The van der Waals surface area contributed by atoms with Crippen molar-refractivity contribution in [3.63, 3.8) is 0 Å². The highest BCUT2D eigenvalue weighted by Gasteiger charge is 2.47. The van der Waals surface area contributed by atoms with Crippen LogP contribution in [0.25, 0.3) is 32.7 Å². The maximum atomic E-state index is 14.3. The van der Waals surface area contributed by atoms with Gasteiger partial charge < -0.3 is 19.5 Å². The number of nitrogens with zero attached hydrogens (tertiary/aromatic N) is 2. The number of unbranched alkanes of at least 4 members (excludes halogenated alkanes) is 3. The smallest absolute Gasteiger partial charge is 0.349 e. The zero-order valence-electron chi connectivity index (χ0n) is 38.9. The fraction of sp³-hybridized carbons (Fsp3) is 0.321. The number of aliphatic hydroxyl groups excluding tert-OH is 1. The number of aliphatic hydroxyl groups is 1. The van der Waals surface area contributed by atoms with E-state index in [-0.39, 0.29) is 16.7 Å². The first-order chi connectivity index (χ1) is 31.4. The van der Waals surface area contributed by atoms with Crippen molar-refractivity contribution in [1.82, 2.24) is 0 Å². The summed E-state index contributed by atoms with van der Waals surface area (Å²) in [7, 11) is -4.11. The Balaban J connectivity index is 1.24. The summed E-state index contributed by atoms with van der Waals surface area (Å²) in [6.07, 6.45) is 12.5. The Morgan fingerprint density at radius 2 is 1.35 bits per heavy atom. The molecular weight excluding hydrogens is 845 g/mol. The van der Waals surface area contributed by atoms with Gasteiger partial charge in [-0.05, 0) is 107 Å². The van der Waals surface area contributed by atoms with Gasteiger partial charge in [0.2, 0.25) is 5.69 Å². The Hall–Kier alpha value is -6.23. The van der Waals surface area contributed by atoms with E-state index in [2.05, 4.69) is 123 Å². The molecule has 1 aliphatic carbocycles. The third-order valence-electron chi connectivity index (χ3n) is 13.7. The van der Waals surface area contributed by atoms with E-state index in [1.807, 2.05) is 42.5 Å². The number of hydrogen-bond donors (Lipinski definition) is 2. The van der Waals surface area contributed by atoms with Crippen molar-refractivity contribution in [2.24, 2.45) is 0 Å². The number of anilines is 1. The molecule has 0 unspecified atom stereocenters. The lowest BCUT2D eigenvalue weighted by Gasteiger charge is -2.31. The van der Waals surface area contributed by atoms with Gasteiger partial charge >= 0.3 is 5.97 Å². The molecule has 0 atom stereocenters. The zero-order valence-corrected chi connectivity index (χ0v) is 39.8. The minimum absolute atomic E-state index is 0.0541. The average molecular weight is 904 g/mol. The maximum Gasteiger partial charge on any atom is 0.349 e. The molecule has 0 radical (unpaired) electrons. The number of carbonyl (C=O) groups excluding carboxylic acids is 1. The summed E-state index contributed by atoms with van der Waals surface area (Å²) < 4.78 is 47.3. The molecule has 5 aromatic rings. The highest BCUT2D eigenvalue weighted by atomic mass is 32.2. The molecule has 3 aliphatic heterocycles. The number of fused-ring (bicyclic) bond motifs is 7. The van der Waals surface area contributed by atoms with Gasteiger partial charge in [0.25, 0.3) is 21.9 Å². The van der Waals surface area contributed by atoms with Crippen molar-refractivity contribution in [3.8, 4) is 0 Å². The van der Waals surface area contributed by atoms with E-state index in [0.717, 1.165) is 75.9 Å². The highest BCUT2D eigenvalue weighted by molar-refractivity contribution is 7.85. The molecule has 9 rings (SSSR count). The van der Waals surface area contributed by atoms with Gasteiger partial charge in [0, 0.05) is 66.9 Å². The number of rotatable bonds is 13. The Labute approximate surface area is 388 Å². The van der Waals surface area contributed by atoms with Crippen LogP contribution < -0.4 is 4.90 Å². The third-order valence-corrected chi connectivity index (χ3v) is 14.5. The Bertz CT molecular complexity index is 3140. The topological polar surface area (TPSA) is 116 Å². The van der Waals surface area contributed by atoms with Crippen LogP contribution in [0.2, 0.25) is 0 Å². The minimum atomic E-state index is -4.11. The number of benzene rings is 5. The van der Waals surface area contributed by atoms with Gasteiger partial charge in [0.1, 0.15) is 12.1 Å². The third kappa shape index (κ3) is 7.87. The SMILES string of the molecule is CCCCC[N+]1=C(/C=C/C2=C(C3=C(O)OC(C)(C)OC3=O)C(=C/C=C3/N(CCCCS(=O)(=O)O)c4ccc5ccccc5c4C3(C)C)/c3ccccc32)C(C)(C)c2c1ccc1ccccc21. The molecule has 0 spiro atoms. The van der Waals surface area contributed by atoms with Crippen LogP contribution >= 0.6 is 0 Å². The van der Waals surface area contributed by atoms with Crippen LogP contribution in [0.15, 0.2) is 144 Å².